The maximum Gasteiger partial charge on any atom is 0.227 e. The molecule has 140 valence electrons. The normalized spacial score (nSPS) is 13.0. The fourth-order valence-corrected chi connectivity index (χ4v) is 2.13. The summed E-state index contributed by atoms with van der Waals surface area (Å²) in [5.41, 5.74) is -0.533. The van der Waals surface area contributed by atoms with Crippen molar-refractivity contribution in [3.8, 4) is 11.5 Å². The first kappa shape index (κ1) is 20.6. The van der Waals surface area contributed by atoms with E-state index in [1.807, 2.05) is 45.0 Å². The average molecular weight is 350 g/mol. The lowest BCUT2D eigenvalue weighted by Gasteiger charge is -2.24. The van der Waals surface area contributed by atoms with Gasteiger partial charge in [-0.25, -0.2) is 0 Å². The molecule has 1 aromatic rings. The number of carbonyl (C=O) groups is 1. The average Bonchev–Trinajstić information content (AvgIpc) is 2.61. The smallest absolute Gasteiger partial charge is 0.227 e. The molecule has 0 bridgehead atoms. The second-order valence-corrected chi connectivity index (χ2v) is 6.38. The maximum absolute atomic E-state index is 11.8. The number of nitrogens with one attached hydrogen (secondary N) is 3. The fourth-order valence-electron chi connectivity index (χ4n) is 2.13. The van der Waals surface area contributed by atoms with Gasteiger partial charge in [-0.1, -0.05) is 6.07 Å². The molecule has 1 aromatic carbocycles. The number of nitrogens with zero attached hydrogens (tertiary/aromatic N) is 1. The zero-order valence-corrected chi connectivity index (χ0v) is 16.0. The number of ether oxygens (including phenoxy) is 2. The quantitative estimate of drug-likeness (QED) is 0.488. The van der Waals surface area contributed by atoms with Gasteiger partial charge in [0.15, 0.2) is 5.96 Å². The molecule has 3 N–H and O–H groups in total. The predicted molar refractivity (Wildman–Crippen MR) is 100 cm³/mol. The molecule has 25 heavy (non-hydrogen) atoms. The van der Waals surface area contributed by atoms with E-state index < -0.39 is 5.41 Å². The Morgan fingerprint density at radius 1 is 1.28 bits per heavy atom. The predicted octanol–water partition coefficient (Wildman–Crippen LogP) is 1.40. The largest absolute Gasteiger partial charge is 0.497 e. The Labute approximate surface area is 150 Å². The first-order valence-electron chi connectivity index (χ1n) is 8.29. The van der Waals surface area contributed by atoms with Crippen molar-refractivity contribution in [3.05, 3.63) is 24.3 Å². The third-order valence-corrected chi connectivity index (χ3v) is 3.70. The van der Waals surface area contributed by atoms with Crippen LogP contribution in [0, 0.1) is 5.41 Å². The van der Waals surface area contributed by atoms with Crippen LogP contribution in [0.25, 0.3) is 0 Å². The molecule has 1 amide bonds. The van der Waals surface area contributed by atoms with Crippen molar-refractivity contribution in [2.24, 2.45) is 10.4 Å². The molecule has 1 unspecified atom stereocenters. The van der Waals surface area contributed by atoms with Crippen LogP contribution >= 0.6 is 0 Å². The molecule has 0 radical (unpaired) electrons. The van der Waals surface area contributed by atoms with Crippen LogP contribution in [-0.4, -0.2) is 52.3 Å². The SMILES string of the molecule is CN=C(NCC(C)Oc1cccc(OC)c1)NCC(C)(C)C(=O)NC. The van der Waals surface area contributed by atoms with Crippen molar-refractivity contribution in [2.45, 2.75) is 26.9 Å². The number of rotatable bonds is 8. The molecule has 0 saturated carbocycles. The second-order valence-electron chi connectivity index (χ2n) is 6.38. The summed E-state index contributed by atoms with van der Waals surface area (Å²) in [7, 11) is 4.95. The van der Waals surface area contributed by atoms with Gasteiger partial charge in [-0.05, 0) is 32.9 Å². The van der Waals surface area contributed by atoms with E-state index in [0.717, 1.165) is 11.5 Å². The highest BCUT2D eigenvalue weighted by Crippen LogP contribution is 2.19. The van der Waals surface area contributed by atoms with Crippen molar-refractivity contribution in [1.82, 2.24) is 16.0 Å². The van der Waals surface area contributed by atoms with Crippen LogP contribution in [0.15, 0.2) is 29.3 Å². The zero-order chi connectivity index (χ0) is 18.9. The Balaban J connectivity index is 2.47. The lowest BCUT2D eigenvalue weighted by Crippen LogP contribution is -2.48. The summed E-state index contributed by atoms with van der Waals surface area (Å²) in [4.78, 5) is 16.0. The third kappa shape index (κ3) is 6.91. The van der Waals surface area contributed by atoms with Gasteiger partial charge in [0.25, 0.3) is 0 Å². The topological polar surface area (TPSA) is 84.0 Å². The van der Waals surface area contributed by atoms with Crippen molar-refractivity contribution in [2.75, 3.05) is 34.3 Å². The van der Waals surface area contributed by atoms with Gasteiger partial charge in [-0.15, -0.1) is 0 Å². The minimum Gasteiger partial charge on any atom is -0.497 e. The summed E-state index contributed by atoms with van der Waals surface area (Å²) in [5, 5.41) is 9.03. The van der Waals surface area contributed by atoms with Gasteiger partial charge in [0.2, 0.25) is 5.91 Å². The van der Waals surface area contributed by atoms with Gasteiger partial charge in [-0.2, -0.15) is 0 Å². The van der Waals surface area contributed by atoms with E-state index in [-0.39, 0.29) is 12.0 Å². The van der Waals surface area contributed by atoms with E-state index in [1.54, 1.807) is 21.2 Å². The molecule has 0 aliphatic heterocycles. The number of aliphatic imine (C=N–C) groups is 1. The lowest BCUT2D eigenvalue weighted by atomic mass is 9.92. The number of guanidine groups is 1. The molecular weight excluding hydrogens is 320 g/mol. The Morgan fingerprint density at radius 3 is 2.56 bits per heavy atom. The number of carbonyl (C=O) groups excluding carboxylic acids is 1. The standard InChI is InChI=1S/C18H30N4O3/c1-13(25-15-9-7-8-14(10-15)24-6)11-21-17(20-5)22-12-18(2,3)16(23)19-4/h7-10,13H,11-12H2,1-6H3,(H,19,23)(H2,20,21,22). The van der Waals surface area contributed by atoms with Crippen LogP contribution in [0.5, 0.6) is 11.5 Å². The number of methoxy groups -OCH3 is 1. The minimum atomic E-state index is -0.533. The van der Waals surface area contributed by atoms with Crippen LogP contribution in [0.1, 0.15) is 20.8 Å². The summed E-state index contributed by atoms with van der Waals surface area (Å²) >= 11 is 0. The van der Waals surface area contributed by atoms with E-state index in [0.29, 0.717) is 19.0 Å². The molecule has 7 heteroatoms. The van der Waals surface area contributed by atoms with Crippen molar-refractivity contribution < 1.29 is 14.3 Å². The van der Waals surface area contributed by atoms with Crippen molar-refractivity contribution >= 4 is 11.9 Å². The zero-order valence-electron chi connectivity index (χ0n) is 16.0. The van der Waals surface area contributed by atoms with Gasteiger partial charge >= 0.3 is 0 Å². The van der Waals surface area contributed by atoms with Crippen LogP contribution < -0.4 is 25.4 Å². The second kappa shape index (κ2) is 9.76. The van der Waals surface area contributed by atoms with Crippen molar-refractivity contribution in [3.63, 3.8) is 0 Å². The Bertz CT molecular complexity index is 587. The van der Waals surface area contributed by atoms with Gasteiger partial charge in [0.05, 0.1) is 19.1 Å². The van der Waals surface area contributed by atoms with Gasteiger partial charge in [0, 0.05) is 26.7 Å². The summed E-state index contributed by atoms with van der Waals surface area (Å²) in [5.74, 6) is 2.10. The Kier molecular flexibility index (Phi) is 8.04. The number of benzene rings is 1. The Hall–Kier alpha value is -2.44. The van der Waals surface area contributed by atoms with Crippen LogP contribution in [0.3, 0.4) is 0 Å². The number of hydrogen-bond donors (Lipinski definition) is 3. The van der Waals surface area contributed by atoms with Gasteiger partial charge < -0.3 is 25.4 Å². The maximum atomic E-state index is 11.8. The molecule has 1 rings (SSSR count). The number of amides is 1. The lowest BCUT2D eigenvalue weighted by molar-refractivity contribution is -0.128. The van der Waals surface area contributed by atoms with E-state index in [1.165, 1.54) is 0 Å². The van der Waals surface area contributed by atoms with E-state index >= 15 is 0 Å². The highest BCUT2D eigenvalue weighted by atomic mass is 16.5. The first-order valence-corrected chi connectivity index (χ1v) is 8.29. The molecule has 1 atom stereocenters. The molecular formula is C18H30N4O3. The summed E-state index contributed by atoms with van der Waals surface area (Å²) in [6.07, 6.45) is -0.0717. The minimum absolute atomic E-state index is 0.0230. The van der Waals surface area contributed by atoms with E-state index in [4.69, 9.17) is 9.47 Å². The summed E-state index contributed by atoms with van der Waals surface area (Å²) in [6.45, 7) is 6.75. The van der Waals surface area contributed by atoms with Gasteiger partial charge in [-0.3, -0.25) is 9.79 Å². The molecule has 7 nitrogen and oxygen atoms in total. The Morgan fingerprint density at radius 2 is 1.96 bits per heavy atom. The highest BCUT2D eigenvalue weighted by Gasteiger charge is 2.26. The molecule has 0 heterocycles. The molecule has 0 aromatic heterocycles. The molecule has 0 fully saturated rings. The van der Waals surface area contributed by atoms with Crippen LogP contribution in [0.4, 0.5) is 0 Å². The van der Waals surface area contributed by atoms with E-state index in [9.17, 15) is 4.79 Å². The molecule has 0 saturated heterocycles. The molecule has 0 spiro atoms. The van der Waals surface area contributed by atoms with Gasteiger partial charge in [0.1, 0.15) is 17.6 Å². The van der Waals surface area contributed by atoms with Crippen LogP contribution in [-0.2, 0) is 4.79 Å². The van der Waals surface area contributed by atoms with E-state index in [2.05, 4.69) is 20.9 Å². The highest BCUT2D eigenvalue weighted by molar-refractivity contribution is 5.84. The number of hydrogen-bond acceptors (Lipinski definition) is 4. The summed E-state index contributed by atoms with van der Waals surface area (Å²) < 4.78 is 11.1. The molecule has 0 aliphatic carbocycles. The fraction of sp³-hybridized carbons (Fsp3) is 0.556. The monoisotopic (exact) mass is 350 g/mol. The molecule has 0 aliphatic rings. The van der Waals surface area contributed by atoms with Crippen molar-refractivity contribution in [1.29, 1.82) is 0 Å². The van der Waals surface area contributed by atoms with Crippen LogP contribution in [0.2, 0.25) is 0 Å². The third-order valence-electron chi connectivity index (χ3n) is 3.70. The summed E-state index contributed by atoms with van der Waals surface area (Å²) in [6, 6.07) is 7.48. The first-order chi connectivity index (χ1) is 11.8.